The Balaban J connectivity index is 2.04. The normalized spacial score (nSPS) is 21.6. The average Bonchev–Trinajstić information content (AvgIpc) is 2.71. The minimum atomic E-state index is -0.134. The molecule has 1 fully saturated rings. The Morgan fingerprint density at radius 1 is 1.50 bits per heavy atom. The van der Waals surface area contributed by atoms with Gasteiger partial charge in [-0.25, -0.2) is 4.39 Å². The third kappa shape index (κ3) is 2.62. The molecule has 0 aliphatic carbocycles. The van der Waals surface area contributed by atoms with Crippen molar-refractivity contribution in [3.05, 3.63) is 34.1 Å². The fraction of sp³-hybridized carbons (Fsp3) is 0.500. The summed E-state index contributed by atoms with van der Waals surface area (Å²) in [5.74, 6) is 0.441. The van der Waals surface area contributed by atoms with Gasteiger partial charge in [-0.05, 0) is 37.6 Å². The number of benzene rings is 1. The third-order valence-electron chi connectivity index (χ3n) is 3.15. The summed E-state index contributed by atoms with van der Waals surface area (Å²) >= 11 is 3.40. The molecular formula is C12H16BrFN2. The second-order valence-electron chi connectivity index (χ2n) is 4.33. The lowest BCUT2D eigenvalue weighted by molar-refractivity contribution is 0.312. The molecule has 4 heteroatoms. The zero-order valence-corrected chi connectivity index (χ0v) is 10.7. The van der Waals surface area contributed by atoms with E-state index in [1.807, 2.05) is 6.07 Å². The Labute approximate surface area is 104 Å². The molecule has 16 heavy (non-hydrogen) atoms. The second-order valence-corrected chi connectivity index (χ2v) is 5.18. The van der Waals surface area contributed by atoms with Gasteiger partial charge in [0, 0.05) is 23.1 Å². The maximum Gasteiger partial charge on any atom is 0.128 e. The first-order valence-electron chi connectivity index (χ1n) is 5.56. The molecule has 88 valence electrons. The van der Waals surface area contributed by atoms with Gasteiger partial charge in [0.2, 0.25) is 0 Å². The Morgan fingerprint density at radius 3 is 2.94 bits per heavy atom. The van der Waals surface area contributed by atoms with Gasteiger partial charge in [0.15, 0.2) is 0 Å². The summed E-state index contributed by atoms with van der Waals surface area (Å²) in [7, 11) is 0. The monoisotopic (exact) mass is 286 g/mol. The van der Waals surface area contributed by atoms with E-state index in [1.165, 1.54) is 6.07 Å². The van der Waals surface area contributed by atoms with Crippen LogP contribution >= 0.6 is 15.9 Å². The highest BCUT2D eigenvalue weighted by molar-refractivity contribution is 9.10. The maximum atomic E-state index is 13.6. The molecule has 1 aromatic rings. The van der Waals surface area contributed by atoms with E-state index in [9.17, 15) is 4.39 Å². The molecule has 1 heterocycles. The van der Waals surface area contributed by atoms with E-state index in [4.69, 9.17) is 5.73 Å². The van der Waals surface area contributed by atoms with E-state index in [0.29, 0.717) is 12.5 Å². The fourth-order valence-corrected chi connectivity index (χ4v) is 2.62. The van der Waals surface area contributed by atoms with Crippen LogP contribution < -0.4 is 5.73 Å². The smallest absolute Gasteiger partial charge is 0.128 e. The van der Waals surface area contributed by atoms with Gasteiger partial charge in [-0.1, -0.05) is 22.0 Å². The minimum Gasteiger partial charge on any atom is -0.330 e. The molecule has 2 rings (SSSR count). The first-order valence-corrected chi connectivity index (χ1v) is 6.35. The maximum absolute atomic E-state index is 13.6. The summed E-state index contributed by atoms with van der Waals surface area (Å²) < 4.78 is 14.5. The van der Waals surface area contributed by atoms with Gasteiger partial charge in [-0.15, -0.1) is 0 Å². The molecule has 2 nitrogen and oxygen atoms in total. The van der Waals surface area contributed by atoms with Crippen LogP contribution in [-0.4, -0.2) is 24.5 Å². The second kappa shape index (κ2) is 5.25. The van der Waals surface area contributed by atoms with Gasteiger partial charge in [0.05, 0.1) is 0 Å². The summed E-state index contributed by atoms with van der Waals surface area (Å²) in [4.78, 5) is 2.26. The highest BCUT2D eigenvalue weighted by atomic mass is 79.9. The van der Waals surface area contributed by atoms with E-state index >= 15 is 0 Å². The molecule has 1 unspecified atom stereocenters. The molecule has 1 saturated heterocycles. The highest BCUT2D eigenvalue weighted by Gasteiger charge is 2.22. The van der Waals surface area contributed by atoms with Crippen LogP contribution in [-0.2, 0) is 6.54 Å². The number of nitrogens with two attached hydrogens (primary N) is 1. The van der Waals surface area contributed by atoms with Crippen LogP contribution in [0.25, 0.3) is 0 Å². The summed E-state index contributed by atoms with van der Waals surface area (Å²) in [6.45, 7) is 3.40. The lowest BCUT2D eigenvalue weighted by atomic mass is 10.1. The van der Waals surface area contributed by atoms with E-state index in [2.05, 4.69) is 20.8 Å². The molecule has 1 aliphatic heterocycles. The lowest BCUT2D eigenvalue weighted by Crippen LogP contribution is -2.23. The quantitative estimate of drug-likeness (QED) is 0.924. The van der Waals surface area contributed by atoms with Crippen molar-refractivity contribution in [1.29, 1.82) is 0 Å². The summed E-state index contributed by atoms with van der Waals surface area (Å²) in [6.07, 6.45) is 1.13. The van der Waals surface area contributed by atoms with Crippen LogP contribution in [0.4, 0.5) is 4.39 Å². The topological polar surface area (TPSA) is 29.3 Å². The van der Waals surface area contributed by atoms with Gasteiger partial charge >= 0.3 is 0 Å². The standard InChI is InChI=1S/C12H16BrFN2/c13-11-2-1-3-12(14)10(11)8-16-5-4-9(6-15)7-16/h1-3,9H,4-8,15H2. The van der Waals surface area contributed by atoms with E-state index < -0.39 is 0 Å². The predicted octanol–water partition coefficient (Wildman–Crippen LogP) is 2.37. The van der Waals surface area contributed by atoms with Crippen molar-refractivity contribution in [2.24, 2.45) is 11.7 Å². The highest BCUT2D eigenvalue weighted by Crippen LogP contribution is 2.24. The fourth-order valence-electron chi connectivity index (χ4n) is 2.16. The Hall–Kier alpha value is -0.450. The zero-order valence-electron chi connectivity index (χ0n) is 9.13. The van der Waals surface area contributed by atoms with Gasteiger partial charge in [0.1, 0.15) is 5.82 Å². The van der Waals surface area contributed by atoms with Crippen molar-refractivity contribution < 1.29 is 4.39 Å². The lowest BCUT2D eigenvalue weighted by Gasteiger charge is -2.17. The summed E-state index contributed by atoms with van der Waals surface area (Å²) in [6, 6.07) is 5.11. The van der Waals surface area contributed by atoms with E-state index in [-0.39, 0.29) is 5.82 Å². The number of hydrogen-bond donors (Lipinski definition) is 1. The van der Waals surface area contributed by atoms with Crippen molar-refractivity contribution in [1.82, 2.24) is 4.90 Å². The molecule has 1 aromatic carbocycles. The summed E-state index contributed by atoms with van der Waals surface area (Å²) in [5, 5.41) is 0. The molecule has 0 bridgehead atoms. The van der Waals surface area contributed by atoms with E-state index in [1.54, 1.807) is 6.07 Å². The van der Waals surface area contributed by atoms with Gasteiger partial charge < -0.3 is 5.73 Å². The van der Waals surface area contributed by atoms with Gasteiger partial charge in [-0.2, -0.15) is 0 Å². The number of halogens is 2. The van der Waals surface area contributed by atoms with Crippen molar-refractivity contribution in [2.45, 2.75) is 13.0 Å². The van der Waals surface area contributed by atoms with Crippen molar-refractivity contribution in [3.63, 3.8) is 0 Å². The van der Waals surface area contributed by atoms with Crippen LogP contribution in [0.1, 0.15) is 12.0 Å². The predicted molar refractivity (Wildman–Crippen MR) is 66.5 cm³/mol. The molecule has 0 amide bonds. The average molecular weight is 287 g/mol. The Kier molecular flexibility index (Phi) is 3.95. The largest absolute Gasteiger partial charge is 0.330 e. The SMILES string of the molecule is NCC1CCN(Cc2c(F)cccc2Br)C1. The molecule has 0 aromatic heterocycles. The molecule has 2 N–H and O–H groups in total. The molecule has 0 spiro atoms. The van der Waals surface area contributed by atoms with Crippen LogP contribution in [0.15, 0.2) is 22.7 Å². The van der Waals surface area contributed by atoms with Crippen molar-refractivity contribution >= 4 is 15.9 Å². The molecular weight excluding hydrogens is 271 g/mol. The first kappa shape index (κ1) is 12.0. The molecule has 1 aliphatic rings. The zero-order chi connectivity index (χ0) is 11.5. The van der Waals surface area contributed by atoms with Crippen molar-refractivity contribution in [2.75, 3.05) is 19.6 Å². The van der Waals surface area contributed by atoms with Crippen molar-refractivity contribution in [3.8, 4) is 0 Å². The summed E-state index contributed by atoms with van der Waals surface area (Å²) in [5.41, 5.74) is 6.39. The van der Waals surface area contributed by atoms with E-state index in [0.717, 1.165) is 36.1 Å². The van der Waals surface area contributed by atoms with Crippen LogP contribution in [0.2, 0.25) is 0 Å². The minimum absolute atomic E-state index is 0.134. The van der Waals surface area contributed by atoms with Crippen LogP contribution in [0.5, 0.6) is 0 Å². The third-order valence-corrected chi connectivity index (χ3v) is 3.89. The molecule has 0 radical (unpaired) electrons. The Morgan fingerprint density at radius 2 is 2.31 bits per heavy atom. The number of hydrogen-bond acceptors (Lipinski definition) is 2. The number of nitrogens with zero attached hydrogens (tertiary/aromatic N) is 1. The number of likely N-dealkylation sites (tertiary alicyclic amines) is 1. The molecule has 1 atom stereocenters. The van der Waals surface area contributed by atoms with Crippen LogP contribution in [0.3, 0.4) is 0 Å². The Bertz CT molecular complexity index is 350. The van der Waals surface area contributed by atoms with Gasteiger partial charge in [0.25, 0.3) is 0 Å². The van der Waals surface area contributed by atoms with Crippen LogP contribution in [0, 0.1) is 11.7 Å². The number of rotatable bonds is 3. The first-order chi connectivity index (χ1) is 7.70. The van der Waals surface area contributed by atoms with Gasteiger partial charge in [-0.3, -0.25) is 4.90 Å². The molecule has 0 saturated carbocycles.